The van der Waals surface area contributed by atoms with Crippen molar-refractivity contribution in [1.29, 1.82) is 0 Å². The minimum Gasteiger partial charge on any atom is -0.493 e. The lowest BCUT2D eigenvalue weighted by Crippen LogP contribution is -2.18. The van der Waals surface area contributed by atoms with Crippen molar-refractivity contribution in [1.82, 2.24) is 14.4 Å². The van der Waals surface area contributed by atoms with E-state index in [1.807, 2.05) is 20.8 Å². The summed E-state index contributed by atoms with van der Waals surface area (Å²) in [5.41, 5.74) is -0.222. The van der Waals surface area contributed by atoms with Crippen LogP contribution < -0.4 is 14.8 Å². The molecule has 0 saturated carbocycles. The monoisotopic (exact) mass is 520 g/mol. The fourth-order valence-corrected chi connectivity index (χ4v) is 4.02. The number of para-hydroxylation sites is 1. The van der Waals surface area contributed by atoms with E-state index in [0.29, 0.717) is 40.5 Å². The summed E-state index contributed by atoms with van der Waals surface area (Å²) < 4.78 is 56.6. The molecule has 36 heavy (non-hydrogen) atoms. The molecule has 0 radical (unpaired) electrons. The number of thiazole rings is 1. The summed E-state index contributed by atoms with van der Waals surface area (Å²) in [5, 5.41) is 4.00. The van der Waals surface area contributed by atoms with Gasteiger partial charge in [-0.1, -0.05) is 39.5 Å². The number of methoxy groups -OCH3 is 1. The van der Waals surface area contributed by atoms with Gasteiger partial charge < -0.3 is 13.9 Å². The van der Waals surface area contributed by atoms with Crippen molar-refractivity contribution in [3.63, 3.8) is 0 Å². The Kier molecular flexibility index (Phi) is 6.56. The Morgan fingerprint density at radius 3 is 2.64 bits per heavy atom. The summed E-state index contributed by atoms with van der Waals surface area (Å²) in [4.78, 5) is 21.6. The first kappa shape index (κ1) is 25.3. The van der Waals surface area contributed by atoms with E-state index in [9.17, 15) is 18.0 Å². The van der Waals surface area contributed by atoms with Gasteiger partial charge in [0.1, 0.15) is 17.7 Å². The van der Waals surface area contributed by atoms with Gasteiger partial charge in [0.15, 0.2) is 22.2 Å². The number of anilines is 1. The quantitative estimate of drug-likeness (QED) is 0.314. The first-order valence-corrected chi connectivity index (χ1v) is 11.6. The number of carbonyl (C=O) groups is 1. The highest BCUT2D eigenvalue weighted by Crippen LogP contribution is 2.39. The first-order valence-electron chi connectivity index (χ1n) is 10.7. The minimum absolute atomic E-state index is 0.0487. The molecule has 1 N–H and O–H groups in total. The van der Waals surface area contributed by atoms with Crippen LogP contribution in [0.5, 0.6) is 11.5 Å². The molecule has 0 spiro atoms. The van der Waals surface area contributed by atoms with E-state index in [2.05, 4.69) is 21.9 Å². The number of hydrogen-bond donors (Lipinski definition) is 1. The number of hydrogen-bond acceptors (Lipinski definition) is 7. The Morgan fingerprint density at radius 1 is 1.25 bits per heavy atom. The molecular formula is C24H23F3N4O4S. The summed E-state index contributed by atoms with van der Waals surface area (Å²) in [6.45, 7) is 10.6. The van der Waals surface area contributed by atoms with Crippen LogP contribution in [0.3, 0.4) is 0 Å². The van der Waals surface area contributed by atoms with Gasteiger partial charge in [0.25, 0.3) is 5.91 Å². The van der Waals surface area contributed by atoms with Gasteiger partial charge in [-0.15, -0.1) is 11.3 Å². The Morgan fingerprint density at radius 2 is 2.00 bits per heavy atom. The number of oxazole rings is 1. The topological polar surface area (TPSA) is 90.9 Å². The fourth-order valence-electron chi connectivity index (χ4n) is 3.31. The second-order valence-corrected chi connectivity index (χ2v) is 9.89. The number of ether oxygens (including phenoxy) is 2. The molecule has 4 aromatic rings. The molecule has 190 valence electrons. The van der Waals surface area contributed by atoms with Crippen LogP contribution in [0.2, 0.25) is 0 Å². The van der Waals surface area contributed by atoms with E-state index in [-0.39, 0.29) is 16.8 Å². The number of aromatic nitrogens is 3. The van der Waals surface area contributed by atoms with Crippen molar-refractivity contribution in [2.75, 3.05) is 19.0 Å². The Balaban J connectivity index is 1.74. The molecule has 12 heteroatoms. The highest BCUT2D eigenvalue weighted by atomic mass is 32.1. The standard InChI is InChI=1S/C24H23F3N4O4S/c1-13(14-7-6-8-15(33-5)19(14)35-12-23(2,3)4)17-18(31-9-10-36-22(31)29-17)20(32)30-21-28-16(11-34-21)24(25,26)27/h6-11H,1,12H2,2-5H3,(H,28,30,32). The van der Waals surface area contributed by atoms with Crippen molar-refractivity contribution >= 4 is 33.8 Å². The number of nitrogens with one attached hydrogen (secondary N) is 1. The summed E-state index contributed by atoms with van der Waals surface area (Å²) in [7, 11) is 1.52. The molecule has 1 aromatic carbocycles. The summed E-state index contributed by atoms with van der Waals surface area (Å²) >= 11 is 1.28. The van der Waals surface area contributed by atoms with Crippen LogP contribution in [-0.4, -0.2) is 34.0 Å². The van der Waals surface area contributed by atoms with Gasteiger partial charge in [-0.3, -0.25) is 14.5 Å². The van der Waals surface area contributed by atoms with Gasteiger partial charge in [0.2, 0.25) is 0 Å². The molecule has 0 aliphatic heterocycles. The van der Waals surface area contributed by atoms with Crippen LogP contribution in [0.1, 0.15) is 48.2 Å². The van der Waals surface area contributed by atoms with Gasteiger partial charge in [0, 0.05) is 22.7 Å². The van der Waals surface area contributed by atoms with Crippen LogP contribution >= 0.6 is 11.3 Å². The van der Waals surface area contributed by atoms with Gasteiger partial charge in [-0.05, 0) is 11.5 Å². The summed E-state index contributed by atoms with van der Waals surface area (Å²) in [6.07, 6.45) is -2.65. The lowest BCUT2D eigenvalue weighted by Gasteiger charge is -2.22. The van der Waals surface area contributed by atoms with E-state index < -0.39 is 23.8 Å². The first-order chi connectivity index (χ1) is 16.9. The predicted octanol–water partition coefficient (Wildman–Crippen LogP) is 6.15. The van der Waals surface area contributed by atoms with E-state index in [4.69, 9.17) is 13.9 Å². The second kappa shape index (κ2) is 9.34. The lowest BCUT2D eigenvalue weighted by molar-refractivity contribution is -0.141. The molecule has 0 bridgehead atoms. The zero-order valence-corrected chi connectivity index (χ0v) is 20.7. The van der Waals surface area contributed by atoms with Gasteiger partial charge in [-0.25, -0.2) is 4.98 Å². The number of fused-ring (bicyclic) bond motifs is 1. The molecule has 0 saturated heterocycles. The van der Waals surface area contributed by atoms with Crippen molar-refractivity contribution in [2.45, 2.75) is 26.9 Å². The Labute approximate surface area is 208 Å². The van der Waals surface area contributed by atoms with Crippen LogP contribution in [0, 0.1) is 5.41 Å². The molecular weight excluding hydrogens is 497 g/mol. The molecule has 8 nitrogen and oxygen atoms in total. The maximum Gasteiger partial charge on any atom is 0.436 e. The minimum atomic E-state index is -4.71. The summed E-state index contributed by atoms with van der Waals surface area (Å²) in [6, 6.07) is 4.67. The van der Waals surface area contributed by atoms with Crippen molar-refractivity contribution in [3.8, 4) is 11.5 Å². The SMILES string of the molecule is C=C(c1cccc(OC)c1OCC(C)(C)C)c1nc2sccn2c1C(=O)Nc1nc(C(F)(F)F)co1. The third-order valence-corrected chi connectivity index (χ3v) is 5.71. The van der Waals surface area contributed by atoms with E-state index in [0.717, 1.165) is 0 Å². The van der Waals surface area contributed by atoms with E-state index >= 15 is 0 Å². The van der Waals surface area contributed by atoms with Crippen LogP contribution in [0.25, 0.3) is 10.5 Å². The number of alkyl halides is 3. The third-order valence-electron chi connectivity index (χ3n) is 4.95. The molecule has 0 unspecified atom stereocenters. The predicted molar refractivity (Wildman–Crippen MR) is 129 cm³/mol. The molecule has 0 aliphatic carbocycles. The molecule has 0 aliphatic rings. The molecule has 4 rings (SSSR count). The largest absolute Gasteiger partial charge is 0.493 e. The molecule has 1 amide bonds. The molecule has 3 aromatic heterocycles. The third kappa shape index (κ3) is 5.08. The van der Waals surface area contributed by atoms with Crippen LogP contribution in [0.4, 0.5) is 19.2 Å². The van der Waals surface area contributed by atoms with Crippen LogP contribution in [-0.2, 0) is 6.18 Å². The van der Waals surface area contributed by atoms with E-state index in [1.165, 1.54) is 22.8 Å². The Hall–Kier alpha value is -3.80. The molecule has 0 fully saturated rings. The fraction of sp³-hybridized carbons (Fsp3) is 0.292. The number of rotatable bonds is 7. The number of carbonyl (C=O) groups excluding carboxylic acids is 1. The van der Waals surface area contributed by atoms with Crippen molar-refractivity contribution in [2.24, 2.45) is 5.41 Å². The maximum absolute atomic E-state index is 13.2. The Bertz CT molecular complexity index is 1430. The van der Waals surface area contributed by atoms with Gasteiger partial charge >= 0.3 is 12.2 Å². The molecule has 0 atom stereocenters. The van der Waals surface area contributed by atoms with Crippen LogP contribution in [0.15, 0.2) is 47.0 Å². The number of nitrogens with zero attached hydrogens (tertiary/aromatic N) is 3. The number of halogens is 3. The smallest absolute Gasteiger partial charge is 0.436 e. The van der Waals surface area contributed by atoms with Crippen molar-refractivity contribution in [3.05, 3.63) is 65.3 Å². The maximum atomic E-state index is 13.2. The number of imidazole rings is 1. The van der Waals surface area contributed by atoms with Gasteiger partial charge in [0.05, 0.1) is 13.7 Å². The average Bonchev–Trinajstić information content (AvgIpc) is 3.51. The number of amides is 1. The van der Waals surface area contributed by atoms with Crippen molar-refractivity contribution < 1.29 is 31.9 Å². The zero-order valence-electron chi connectivity index (χ0n) is 19.9. The second-order valence-electron chi connectivity index (χ2n) is 9.02. The summed E-state index contributed by atoms with van der Waals surface area (Å²) in [5.74, 6) is 0.141. The molecule has 3 heterocycles. The lowest BCUT2D eigenvalue weighted by atomic mass is 9.98. The normalized spacial score (nSPS) is 12.1. The highest BCUT2D eigenvalue weighted by Gasteiger charge is 2.35. The highest BCUT2D eigenvalue weighted by molar-refractivity contribution is 7.15. The number of benzene rings is 1. The van der Waals surface area contributed by atoms with Gasteiger partial charge in [-0.2, -0.15) is 18.2 Å². The zero-order chi connectivity index (χ0) is 26.3. The van der Waals surface area contributed by atoms with E-state index in [1.54, 1.807) is 29.8 Å². The average molecular weight is 521 g/mol.